The van der Waals surface area contributed by atoms with Crippen molar-refractivity contribution < 1.29 is 33.4 Å². The number of carbonyl (C=O) groups excluding carboxylic acids is 4. The molecule has 0 aromatic heterocycles. The molecule has 0 spiro atoms. The van der Waals surface area contributed by atoms with Gasteiger partial charge in [0, 0.05) is 0 Å². The van der Waals surface area contributed by atoms with Gasteiger partial charge >= 0.3 is 18.3 Å². The van der Waals surface area contributed by atoms with Crippen LogP contribution in [0.15, 0.2) is 60.7 Å². The van der Waals surface area contributed by atoms with Gasteiger partial charge in [0.2, 0.25) is 0 Å². The first kappa shape index (κ1) is 23.8. The zero-order chi connectivity index (χ0) is 24.0. The number of carbonyl (C=O) groups is 4. The lowest BCUT2D eigenvalue weighted by molar-refractivity contribution is -0.146. The summed E-state index contributed by atoms with van der Waals surface area (Å²) in [6.45, 7) is 4.58. The van der Waals surface area contributed by atoms with Crippen LogP contribution in [0, 0.1) is 0 Å². The number of rotatable bonds is 5. The second kappa shape index (κ2) is 10.2. The number of ether oxygens (including phenoxy) is 3. The van der Waals surface area contributed by atoms with Crippen LogP contribution in [-0.2, 0) is 32.2 Å². The molecule has 0 aliphatic carbocycles. The van der Waals surface area contributed by atoms with Crippen molar-refractivity contribution in [1.82, 2.24) is 9.80 Å². The third kappa shape index (κ3) is 6.31. The van der Waals surface area contributed by atoms with E-state index in [1.807, 2.05) is 12.1 Å². The van der Waals surface area contributed by atoms with Crippen LogP contribution in [0.25, 0.3) is 0 Å². The topological polar surface area (TPSA) is 102 Å². The average Bonchev–Trinajstić information content (AvgIpc) is 2.78. The Balaban J connectivity index is 1.64. The second-order valence-corrected chi connectivity index (χ2v) is 8.40. The molecule has 9 nitrogen and oxygen atoms in total. The normalized spacial score (nSPS) is 15.3. The van der Waals surface area contributed by atoms with E-state index < -0.39 is 35.8 Å². The van der Waals surface area contributed by atoms with Crippen LogP contribution >= 0.6 is 0 Å². The van der Waals surface area contributed by atoms with Gasteiger partial charge in [0.25, 0.3) is 5.91 Å². The van der Waals surface area contributed by atoms with Gasteiger partial charge < -0.3 is 14.2 Å². The van der Waals surface area contributed by atoms with E-state index in [0.29, 0.717) is 10.5 Å². The lowest BCUT2D eigenvalue weighted by atomic mass is 10.1. The molecule has 4 amide bonds. The standard InChI is InChI=1S/C24H26N2O7/c1-24(2,3)33-23(30)26(22(29)32-16-18-12-8-5-9-13-18)19-14-25(20(19)27)21(28)31-15-17-10-6-4-7-11-17/h4-13,19H,14-16H2,1-3H3/t19-/m0/s1. The first-order valence-corrected chi connectivity index (χ1v) is 10.4. The number of β-lactam (4-membered cyclic amide) rings is 1. The van der Waals surface area contributed by atoms with Crippen LogP contribution in [0.3, 0.4) is 0 Å². The lowest BCUT2D eigenvalue weighted by Gasteiger charge is -2.40. The van der Waals surface area contributed by atoms with Crippen molar-refractivity contribution in [2.24, 2.45) is 0 Å². The minimum absolute atomic E-state index is 0.0109. The molecule has 0 N–H and O–H groups in total. The fourth-order valence-electron chi connectivity index (χ4n) is 2.99. The van der Waals surface area contributed by atoms with E-state index in [2.05, 4.69) is 0 Å². The van der Waals surface area contributed by atoms with E-state index in [1.165, 1.54) is 0 Å². The first-order valence-electron chi connectivity index (χ1n) is 10.4. The van der Waals surface area contributed by atoms with Gasteiger partial charge in [0.15, 0.2) is 0 Å². The number of amides is 4. The van der Waals surface area contributed by atoms with Gasteiger partial charge in [0.05, 0.1) is 6.54 Å². The summed E-state index contributed by atoms with van der Waals surface area (Å²) in [6.07, 6.45) is -2.93. The summed E-state index contributed by atoms with van der Waals surface area (Å²) >= 11 is 0. The highest BCUT2D eigenvalue weighted by molar-refractivity contribution is 6.05. The van der Waals surface area contributed by atoms with Crippen LogP contribution in [0.1, 0.15) is 31.9 Å². The third-order valence-corrected chi connectivity index (χ3v) is 4.64. The maximum absolute atomic E-state index is 12.7. The summed E-state index contributed by atoms with van der Waals surface area (Å²) < 4.78 is 15.7. The van der Waals surface area contributed by atoms with Crippen molar-refractivity contribution in [2.75, 3.05) is 6.54 Å². The molecule has 0 unspecified atom stereocenters. The smallest absolute Gasteiger partial charge is 0.420 e. The lowest BCUT2D eigenvalue weighted by Crippen LogP contribution is -2.68. The molecule has 1 aliphatic heterocycles. The highest BCUT2D eigenvalue weighted by Gasteiger charge is 2.51. The Bertz CT molecular complexity index is 1000. The molecule has 2 aromatic carbocycles. The Morgan fingerprint density at radius 2 is 1.39 bits per heavy atom. The number of hydrogen-bond donors (Lipinski definition) is 0. The van der Waals surface area contributed by atoms with Crippen LogP contribution < -0.4 is 0 Å². The number of nitrogens with zero attached hydrogens (tertiary/aromatic N) is 2. The minimum Gasteiger partial charge on any atom is -0.444 e. The summed E-state index contributed by atoms with van der Waals surface area (Å²) in [6, 6.07) is 16.6. The van der Waals surface area contributed by atoms with E-state index >= 15 is 0 Å². The molecule has 0 bridgehead atoms. The largest absolute Gasteiger partial charge is 0.444 e. The number of imide groups is 2. The summed E-state index contributed by atoms with van der Waals surface area (Å²) in [4.78, 5) is 51.8. The first-order chi connectivity index (χ1) is 15.7. The predicted octanol–water partition coefficient (Wildman–Crippen LogP) is 4.11. The van der Waals surface area contributed by atoms with Crippen LogP contribution in [0.2, 0.25) is 0 Å². The SMILES string of the molecule is CC(C)(C)OC(=O)N(C(=O)OCc1ccccc1)[C@H]1CN(C(=O)OCc2ccccc2)C1=O. The van der Waals surface area contributed by atoms with Gasteiger partial charge in [-0.1, -0.05) is 60.7 Å². The van der Waals surface area contributed by atoms with Gasteiger partial charge in [-0.15, -0.1) is 0 Å². The monoisotopic (exact) mass is 454 g/mol. The molecule has 1 heterocycles. The Labute approximate surface area is 191 Å². The summed E-state index contributed by atoms with van der Waals surface area (Å²) in [7, 11) is 0. The molecule has 2 aromatic rings. The Kier molecular flexibility index (Phi) is 7.32. The van der Waals surface area contributed by atoms with Crippen LogP contribution in [0.5, 0.6) is 0 Å². The molecular formula is C24H26N2O7. The van der Waals surface area contributed by atoms with Crippen molar-refractivity contribution in [3.8, 4) is 0 Å². The maximum atomic E-state index is 12.7. The maximum Gasteiger partial charge on any atom is 0.420 e. The number of benzene rings is 2. The molecule has 1 aliphatic rings. The molecule has 0 radical (unpaired) electrons. The molecule has 1 atom stereocenters. The Morgan fingerprint density at radius 3 is 1.88 bits per heavy atom. The van der Waals surface area contributed by atoms with Gasteiger partial charge in [-0.2, -0.15) is 4.90 Å². The van der Waals surface area contributed by atoms with E-state index in [0.717, 1.165) is 10.5 Å². The zero-order valence-electron chi connectivity index (χ0n) is 18.7. The fourth-order valence-corrected chi connectivity index (χ4v) is 2.99. The third-order valence-electron chi connectivity index (χ3n) is 4.64. The second-order valence-electron chi connectivity index (χ2n) is 8.40. The van der Waals surface area contributed by atoms with Crippen molar-refractivity contribution in [2.45, 2.75) is 45.6 Å². The van der Waals surface area contributed by atoms with Crippen molar-refractivity contribution in [3.63, 3.8) is 0 Å². The van der Waals surface area contributed by atoms with Crippen molar-refractivity contribution >= 4 is 24.2 Å². The molecule has 3 rings (SSSR count). The Morgan fingerprint density at radius 1 is 0.879 bits per heavy atom. The van der Waals surface area contributed by atoms with E-state index in [1.54, 1.807) is 69.3 Å². The van der Waals surface area contributed by atoms with Gasteiger partial charge in [-0.3, -0.25) is 4.79 Å². The quantitative estimate of drug-likeness (QED) is 0.495. The van der Waals surface area contributed by atoms with E-state index in [9.17, 15) is 19.2 Å². The van der Waals surface area contributed by atoms with E-state index in [-0.39, 0.29) is 19.8 Å². The molecule has 1 saturated heterocycles. The molecule has 174 valence electrons. The highest BCUT2D eigenvalue weighted by atomic mass is 16.6. The predicted molar refractivity (Wildman–Crippen MR) is 117 cm³/mol. The summed E-state index contributed by atoms with van der Waals surface area (Å²) in [5.74, 6) is -0.754. The fraction of sp³-hybridized carbons (Fsp3) is 0.333. The van der Waals surface area contributed by atoms with Gasteiger partial charge in [0.1, 0.15) is 24.9 Å². The average molecular weight is 454 g/mol. The Hall–Kier alpha value is -3.88. The van der Waals surface area contributed by atoms with Crippen LogP contribution in [0.4, 0.5) is 14.4 Å². The highest BCUT2D eigenvalue weighted by Crippen LogP contribution is 2.23. The molecular weight excluding hydrogens is 428 g/mol. The molecule has 0 saturated carbocycles. The van der Waals surface area contributed by atoms with E-state index in [4.69, 9.17) is 14.2 Å². The zero-order valence-corrected chi connectivity index (χ0v) is 18.7. The minimum atomic E-state index is -1.23. The van der Waals surface area contributed by atoms with Gasteiger partial charge in [-0.25, -0.2) is 19.3 Å². The molecule has 9 heteroatoms. The summed E-state index contributed by atoms with van der Waals surface area (Å²) in [5.41, 5.74) is 0.562. The molecule has 1 fully saturated rings. The number of likely N-dealkylation sites (tertiary alicyclic amines) is 1. The van der Waals surface area contributed by atoms with Gasteiger partial charge in [-0.05, 0) is 31.9 Å². The van der Waals surface area contributed by atoms with Crippen molar-refractivity contribution in [1.29, 1.82) is 0 Å². The van der Waals surface area contributed by atoms with Crippen LogP contribution in [-0.4, -0.2) is 52.2 Å². The van der Waals surface area contributed by atoms with Crippen molar-refractivity contribution in [3.05, 3.63) is 71.8 Å². The number of hydrogen-bond acceptors (Lipinski definition) is 7. The summed E-state index contributed by atoms with van der Waals surface area (Å²) in [5, 5.41) is 0. The molecule has 33 heavy (non-hydrogen) atoms.